The highest BCUT2D eigenvalue weighted by molar-refractivity contribution is 9.09. The van der Waals surface area contributed by atoms with Crippen molar-refractivity contribution < 1.29 is 9.72 Å². The highest BCUT2D eigenvalue weighted by Gasteiger charge is 2.14. The second-order valence-electron chi connectivity index (χ2n) is 2.87. The summed E-state index contributed by atoms with van der Waals surface area (Å²) in [6.07, 6.45) is 0. The molecule has 0 heterocycles. The number of nitrogens with zero attached hydrogens (tertiary/aromatic N) is 1. The summed E-state index contributed by atoms with van der Waals surface area (Å²) in [5.74, 6) is -0.348. The molecule has 0 spiro atoms. The molecule has 0 aromatic heterocycles. The van der Waals surface area contributed by atoms with Crippen LogP contribution in [0.1, 0.15) is 10.4 Å². The van der Waals surface area contributed by atoms with E-state index in [1.807, 2.05) is 0 Å². The average Bonchev–Trinajstić information content (AvgIpc) is 2.25. The number of rotatable bonds is 4. The van der Waals surface area contributed by atoms with Gasteiger partial charge in [0.25, 0.3) is 11.6 Å². The quantitative estimate of drug-likeness (QED) is 0.527. The van der Waals surface area contributed by atoms with Crippen molar-refractivity contribution >= 4 is 39.1 Å². The van der Waals surface area contributed by atoms with E-state index >= 15 is 0 Å². The summed E-state index contributed by atoms with van der Waals surface area (Å²) in [7, 11) is 0. The van der Waals surface area contributed by atoms with Crippen LogP contribution < -0.4 is 5.32 Å². The van der Waals surface area contributed by atoms with Gasteiger partial charge in [-0.3, -0.25) is 14.9 Å². The third kappa shape index (κ3) is 3.18. The lowest BCUT2D eigenvalue weighted by molar-refractivity contribution is -0.384. The standard InChI is InChI=1S/C9H8BrClN2O3/c10-3-4-12-9(14)7-2-1-6(13(15)16)5-8(7)11/h1-2,5H,3-4H2,(H,12,14). The smallest absolute Gasteiger partial charge is 0.270 e. The van der Waals surface area contributed by atoms with Gasteiger partial charge in [-0.1, -0.05) is 27.5 Å². The maximum absolute atomic E-state index is 11.5. The molecular formula is C9H8BrClN2O3. The van der Waals surface area contributed by atoms with Gasteiger partial charge in [0, 0.05) is 24.0 Å². The maximum atomic E-state index is 11.5. The maximum Gasteiger partial charge on any atom is 0.270 e. The Kier molecular flexibility index (Phi) is 4.70. The largest absolute Gasteiger partial charge is 0.351 e. The molecule has 0 radical (unpaired) electrons. The Hall–Kier alpha value is -1.14. The second kappa shape index (κ2) is 5.81. The topological polar surface area (TPSA) is 72.2 Å². The molecule has 0 aliphatic carbocycles. The molecule has 1 aromatic carbocycles. The third-order valence-corrected chi connectivity index (χ3v) is 2.50. The van der Waals surface area contributed by atoms with Crippen molar-refractivity contribution in [2.24, 2.45) is 0 Å². The molecule has 1 rings (SSSR count). The van der Waals surface area contributed by atoms with Crippen molar-refractivity contribution in [1.29, 1.82) is 0 Å². The van der Waals surface area contributed by atoms with Crippen molar-refractivity contribution in [1.82, 2.24) is 5.32 Å². The molecule has 0 aliphatic rings. The Morgan fingerprint density at radius 2 is 2.25 bits per heavy atom. The van der Waals surface area contributed by atoms with E-state index in [0.29, 0.717) is 11.9 Å². The zero-order valence-corrected chi connectivity index (χ0v) is 10.4. The number of hydrogen-bond acceptors (Lipinski definition) is 3. The molecule has 0 saturated carbocycles. The number of benzene rings is 1. The summed E-state index contributed by atoms with van der Waals surface area (Å²) >= 11 is 8.93. The molecule has 1 aromatic rings. The van der Waals surface area contributed by atoms with Gasteiger partial charge in [-0.05, 0) is 6.07 Å². The van der Waals surface area contributed by atoms with Gasteiger partial charge in [0.2, 0.25) is 0 Å². The van der Waals surface area contributed by atoms with E-state index < -0.39 is 4.92 Å². The summed E-state index contributed by atoms with van der Waals surface area (Å²) in [6.45, 7) is 0.464. The molecule has 86 valence electrons. The monoisotopic (exact) mass is 306 g/mol. The summed E-state index contributed by atoms with van der Waals surface area (Å²) in [6, 6.07) is 3.74. The number of alkyl halides is 1. The lowest BCUT2D eigenvalue weighted by atomic mass is 10.2. The normalized spacial score (nSPS) is 9.88. The number of hydrogen-bond donors (Lipinski definition) is 1. The summed E-state index contributed by atoms with van der Waals surface area (Å²) < 4.78 is 0. The Morgan fingerprint density at radius 1 is 1.56 bits per heavy atom. The van der Waals surface area contributed by atoms with Crippen LogP contribution in [0.3, 0.4) is 0 Å². The molecule has 1 amide bonds. The van der Waals surface area contributed by atoms with Crippen LogP contribution in [0.2, 0.25) is 5.02 Å². The lowest BCUT2D eigenvalue weighted by Gasteiger charge is -2.04. The molecule has 5 nitrogen and oxygen atoms in total. The van der Waals surface area contributed by atoms with Crippen LogP contribution in [0.15, 0.2) is 18.2 Å². The summed E-state index contributed by atoms with van der Waals surface area (Å²) in [4.78, 5) is 21.4. The number of carbonyl (C=O) groups excluding carboxylic acids is 1. The van der Waals surface area contributed by atoms with E-state index in [4.69, 9.17) is 11.6 Å². The van der Waals surface area contributed by atoms with Crippen LogP contribution in [0.25, 0.3) is 0 Å². The number of halogens is 2. The highest BCUT2D eigenvalue weighted by Crippen LogP contribution is 2.22. The number of nitro groups is 1. The predicted octanol–water partition coefficient (Wildman–Crippen LogP) is 2.37. The molecule has 0 aliphatic heterocycles. The van der Waals surface area contributed by atoms with E-state index in [-0.39, 0.29) is 22.2 Å². The Morgan fingerprint density at radius 3 is 2.75 bits per heavy atom. The first-order chi connectivity index (χ1) is 7.56. The van der Waals surface area contributed by atoms with Gasteiger partial charge in [0.15, 0.2) is 0 Å². The fourth-order valence-corrected chi connectivity index (χ4v) is 1.52. The zero-order chi connectivity index (χ0) is 12.1. The number of nitrogens with one attached hydrogen (secondary N) is 1. The first-order valence-corrected chi connectivity index (χ1v) is 5.84. The van der Waals surface area contributed by atoms with E-state index in [0.717, 1.165) is 6.07 Å². The van der Waals surface area contributed by atoms with Gasteiger partial charge >= 0.3 is 0 Å². The second-order valence-corrected chi connectivity index (χ2v) is 4.07. The molecule has 0 saturated heterocycles. The van der Waals surface area contributed by atoms with Crippen molar-refractivity contribution in [2.75, 3.05) is 11.9 Å². The van der Waals surface area contributed by atoms with Crippen molar-refractivity contribution in [3.05, 3.63) is 38.9 Å². The fraction of sp³-hybridized carbons (Fsp3) is 0.222. The predicted molar refractivity (Wildman–Crippen MR) is 64.2 cm³/mol. The molecule has 0 unspecified atom stereocenters. The number of carbonyl (C=O) groups is 1. The fourth-order valence-electron chi connectivity index (χ4n) is 1.06. The van der Waals surface area contributed by atoms with Gasteiger partial charge in [-0.15, -0.1) is 0 Å². The molecule has 0 bridgehead atoms. The van der Waals surface area contributed by atoms with Crippen molar-refractivity contribution in [3.8, 4) is 0 Å². The summed E-state index contributed by atoms with van der Waals surface area (Å²) in [5.41, 5.74) is 0.0928. The van der Waals surface area contributed by atoms with Crippen LogP contribution in [0.4, 0.5) is 5.69 Å². The number of nitro benzene ring substituents is 1. The highest BCUT2D eigenvalue weighted by atomic mass is 79.9. The third-order valence-electron chi connectivity index (χ3n) is 1.79. The molecular weight excluding hydrogens is 299 g/mol. The van der Waals surface area contributed by atoms with Gasteiger partial charge in [-0.25, -0.2) is 0 Å². The zero-order valence-electron chi connectivity index (χ0n) is 8.07. The van der Waals surface area contributed by atoms with E-state index in [1.165, 1.54) is 12.1 Å². The van der Waals surface area contributed by atoms with E-state index in [1.54, 1.807) is 0 Å². The van der Waals surface area contributed by atoms with E-state index in [9.17, 15) is 14.9 Å². The molecule has 7 heteroatoms. The van der Waals surface area contributed by atoms with Crippen LogP contribution in [-0.2, 0) is 0 Å². The van der Waals surface area contributed by atoms with E-state index in [2.05, 4.69) is 21.2 Å². The minimum Gasteiger partial charge on any atom is -0.351 e. The van der Waals surface area contributed by atoms with Gasteiger partial charge in [-0.2, -0.15) is 0 Å². The lowest BCUT2D eigenvalue weighted by Crippen LogP contribution is -2.25. The Labute approximate surface area is 105 Å². The average molecular weight is 308 g/mol. The van der Waals surface area contributed by atoms with Crippen LogP contribution >= 0.6 is 27.5 Å². The molecule has 0 atom stereocenters. The first kappa shape index (κ1) is 12.9. The molecule has 1 N–H and O–H groups in total. The number of non-ortho nitro benzene ring substituents is 1. The van der Waals surface area contributed by atoms with Gasteiger partial charge in [0.1, 0.15) is 0 Å². The van der Waals surface area contributed by atoms with Crippen LogP contribution in [-0.4, -0.2) is 22.7 Å². The van der Waals surface area contributed by atoms with Crippen LogP contribution in [0.5, 0.6) is 0 Å². The molecule has 0 fully saturated rings. The Bertz CT molecular complexity index is 425. The SMILES string of the molecule is O=C(NCCBr)c1ccc([N+](=O)[O-])cc1Cl. The van der Waals surface area contributed by atoms with Crippen LogP contribution in [0, 0.1) is 10.1 Å². The van der Waals surface area contributed by atoms with Crippen molar-refractivity contribution in [2.45, 2.75) is 0 Å². The van der Waals surface area contributed by atoms with Gasteiger partial charge in [0.05, 0.1) is 15.5 Å². The van der Waals surface area contributed by atoms with Crippen molar-refractivity contribution in [3.63, 3.8) is 0 Å². The first-order valence-electron chi connectivity index (χ1n) is 4.34. The minimum atomic E-state index is -0.563. The number of amides is 1. The van der Waals surface area contributed by atoms with Gasteiger partial charge < -0.3 is 5.32 Å². The summed E-state index contributed by atoms with van der Waals surface area (Å²) in [5, 5.41) is 13.7. The molecule has 16 heavy (non-hydrogen) atoms. The Balaban J connectivity index is 2.90. The minimum absolute atomic E-state index is 0.0706.